The van der Waals surface area contributed by atoms with E-state index in [9.17, 15) is 53.4 Å². The maximum absolute atomic E-state index is 14.3. The first kappa shape index (κ1) is 72.3. The molecule has 1 rings (SSSR count). The van der Waals surface area contributed by atoms with E-state index < -0.39 is 106 Å². The number of carbonyl (C=O) groups excluding carboxylic acids is 9. The van der Waals surface area contributed by atoms with Gasteiger partial charge in [-0.25, -0.2) is 0 Å². The lowest BCUT2D eigenvalue weighted by Gasteiger charge is -2.35. The number of Topliss-reactive ketones (excluding diaryl/α,β-unsaturated/α-hetero) is 1. The molecule has 1 heterocycles. The average Bonchev–Trinajstić information content (AvgIpc) is 3.78. The van der Waals surface area contributed by atoms with E-state index in [1.807, 2.05) is 11.8 Å². The van der Waals surface area contributed by atoms with Crippen molar-refractivity contribution < 1.29 is 53.4 Å². The number of rotatable bonds is 37. The van der Waals surface area contributed by atoms with Crippen molar-refractivity contribution in [1.29, 1.82) is 0 Å². The van der Waals surface area contributed by atoms with Gasteiger partial charge in [0.2, 0.25) is 47.3 Å². The molecule has 0 unspecified atom stereocenters. The van der Waals surface area contributed by atoms with Crippen molar-refractivity contribution in [3.63, 3.8) is 0 Å². The fraction of sp³-hybridized carbons (Fsp3) is 0.845. The summed E-state index contributed by atoms with van der Waals surface area (Å²) in [6, 6.07) is -4.24. The normalized spacial score (nSPS) is 17.2. The highest BCUT2D eigenvalue weighted by atomic mass is 16.3. The zero-order valence-electron chi connectivity index (χ0n) is 51.8. The Morgan fingerprint density at radius 3 is 1.63 bits per heavy atom. The van der Waals surface area contributed by atoms with Crippen molar-refractivity contribution in [3.05, 3.63) is 0 Å². The Balaban J connectivity index is 3.21. The minimum absolute atomic E-state index is 0.0245. The number of unbranched alkanes of at least 4 members (excludes halogenated alkanes) is 4. The van der Waals surface area contributed by atoms with Gasteiger partial charge in [-0.3, -0.25) is 48.1 Å². The Morgan fingerprint density at radius 1 is 0.608 bits per heavy atom. The highest BCUT2D eigenvalue weighted by Gasteiger charge is 2.43. The molecule has 0 aromatic rings. The van der Waals surface area contributed by atoms with E-state index in [1.165, 1.54) is 81.1 Å². The van der Waals surface area contributed by atoms with E-state index in [2.05, 4.69) is 61.3 Å². The van der Waals surface area contributed by atoms with Crippen LogP contribution >= 0.6 is 0 Å². The monoisotopic (exact) mass is 1120 g/mol. The summed E-state index contributed by atoms with van der Waals surface area (Å²) in [7, 11) is 1.81. The van der Waals surface area contributed by atoms with Crippen LogP contribution in [-0.2, 0) is 43.2 Å². The topological polar surface area (TPSA) is 297 Å². The van der Waals surface area contributed by atoms with Crippen LogP contribution in [0.15, 0.2) is 0 Å². The van der Waals surface area contributed by atoms with E-state index >= 15 is 0 Å². The van der Waals surface area contributed by atoms with Crippen molar-refractivity contribution in [2.45, 2.75) is 253 Å². The molecule has 0 spiro atoms. The molecular formula is C58H108N10O11. The van der Waals surface area contributed by atoms with Gasteiger partial charge in [-0.15, -0.1) is 0 Å². The van der Waals surface area contributed by atoms with Crippen molar-refractivity contribution in [3.8, 4) is 0 Å². The third kappa shape index (κ3) is 25.3. The Morgan fingerprint density at radius 2 is 1.11 bits per heavy atom. The van der Waals surface area contributed by atoms with E-state index in [1.54, 1.807) is 48.6 Å². The summed E-state index contributed by atoms with van der Waals surface area (Å²) in [6.45, 7) is 30.7. The van der Waals surface area contributed by atoms with Crippen molar-refractivity contribution in [2.24, 2.45) is 23.7 Å². The molecule has 1 aliphatic heterocycles. The highest BCUT2D eigenvalue weighted by molar-refractivity contribution is 6.00. The van der Waals surface area contributed by atoms with Gasteiger partial charge in [0.15, 0.2) is 0 Å². The third-order valence-electron chi connectivity index (χ3n) is 14.7. The van der Waals surface area contributed by atoms with Gasteiger partial charge >= 0.3 is 0 Å². The molecule has 0 aromatic carbocycles. The Labute approximate surface area is 473 Å². The number of hydrogen-bond acceptors (Lipinski definition) is 13. The first-order valence-corrected chi connectivity index (χ1v) is 29.2. The number of aliphatic hydroxyl groups excluding tert-OH is 2. The zero-order valence-corrected chi connectivity index (χ0v) is 51.8. The minimum atomic E-state index is -1.66. The van der Waals surface area contributed by atoms with Crippen LogP contribution < -0.4 is 42.5 Å². The lowest BCUT2D eigenvalue weighted by atomic mass is 9.92. The molecule has 21 nitrogen and oxygen atoms in total. The Bertz CT molecular complexity index is 2010. The lowest BCUT2D eigenvalue weighted by molar-refractivity contribution is -0.140. The molecule has 8 amide bonds. The summed E-state index contributed by atoms with van der Waals surface area (Å²) in [6.07, 6.45) is 8.08. The van der Waals surface area contributed by atoms with E-state index in [4.69, 9.17) is 0 Å². The fourth-order valence-electron chi connectivity index (χ4n) is 9.58. The van der Waals surface area contributed by atoms with Gasteiger partial charge in [0.1, 0.15) is 46.1 Å². The number of nitrogens with one attached hydrogen (secondary N) is 8. The molecule has 79 heavy (non-hydrogen) atoms. The molecule has 8 atom stereocenters. The van der Waals surface area contributed by atoms with Crippen LogP contribution in [0.1, 0.15) is 195 Å². The van der Waals surface area contributed by atoms with Gasteiger partial charge in [-0.1, -0.05) is 87.5 Å². The molecule has 1 aliphatic rings. The largest absolute Gasteiger partial charge is 0.395 e. The molecule has 0 saturated carbocycles. The molecule has 21 heteroatoms. The lowest BCUT2D eigenvalue weighted by Crippen LogP contribution is -2.67. The maximum atomic E-state index is 14.3. The smallest absolute Gasteiger partial charge is 0.246 e. The van der Waals surface area contributed by atoms with E-state index in [0.717, 1.165) is 32.4 Å². The average molecular weight is 1120 g/mol. The SMILES string of the molecule is CCCCCCC[C@H](C)CN1CCC[C@H]1C(=O)N[C@@H](C[C@H](C)C[C@H](O)CC(=O)CC)C(=O)NC(C)(C)C(=O)NC(C)(C)C(=O)N[C@H](C(=O)N[C@H](C(=O)NC(C)(C)C(=O)NC(C)(C)C(=O)N[C@@H](C)CN(C)CCO)C(C)C)C(C)C. The standard InChI is InChI=1S/C58H108N10O11/c1-19-21-22-23-24-26-38(7)34-68-28-25-27-44(68)48(73)60-43(32-39(8)31-42(71)33-41(70)20-2)47(72)63-57(14,15)53(78)66-56(12,13)52(77)62-45(36(3)4)49(74)61-46(37(5)6)50(75)64-58(16,17)54(79)65-55(10,11)51(76)59-40(9)35-67(18)29-30-69/h36-40,42-46,69,71H,19-35H2,1-18H3,(H,59,76)(H,60,73)(H,61,74)(H,62,77)(H,63,72)(H,64,75)(H,65,79)(H,66,78)/t38-,39+,40-,42-,43-,44-,45-,46-/m0/s1. The van der Waals surface area contributed by atoms with Crippen molar-refractivity contribution in [2.75, 3.05) is 39.8 Å². The van der Waals surface area contributed by atoms with Crippen LogP contribution in [-0.4, -0.2) is 171 Å². The number of amides is 8. The molecule has 1 saturated heterocycles. The summed E-state index contributed by atoms with van der Waals surface area (Å²) in [5.74, 6) is -5.99. The number of hydrogen-bond donors (Lipinski definition) is 10. The summed E-state index contributed by atoms with van der Waals surface area (Å²) in [4.78, 5) is 128. The summed E-state index contributed by atoms with van der Waals surface area (Å²) in [5.41, 5.74) is -6.25. The number of carbonyl (C=O) groups is 9. The first-order chi connectivity index (χ1) is 36.4. The van der Waals surface area contributed by atoms with Gasteiger partial charge in [0.25, 0.3) is 0 Å². The van der Waals surface area contributed by atoms with Gasteiger partial charge in [0.05, 0.1) is 18.8 Å². The summed E-state index contributed by atoms with van der Waals surface area (Å²) in [5, 5.41) is 42.2. The van der Waals surface area contributed by atoms with E-state index in [-0.39, 0.29) is 55.9 Å². The molecule has 0 bridgehead atoms. The van der Waals surface area contributed by atoms with Gasteiger partial charge in [-0.05, 0) is 132 Å². The maximum Gasteiger partial charge on any atom is 0.246 e. The van der Waals surface area contributed by atoms with Crippen LogP contribution in [0.5, 0.6) is 0 Å². The Kier molecular flexibility index (Phi) is 30.4. The molecule has 10 N–H and O–H groups in total. The van der Waals surface area contributed by atoms with Gasteiger partial charge in [0, 0.05) is 38.5 Å². The number of ketones is 1. The quantitative estimate of drug-likeness (QED) is 0.0400. The molecule has 0 radical (unpaired) electrons. The predicted molar refractivity (Wildman–Crippen MR) is 308 cm³/mol. The predicted octanol–water partition coefficient (Wildman–Crippen LogP) is 3.37. The van der Waals surface area contributed by atoms with Crippen LogP contribution in [0, 0.1) is 23.7 Å². The second kappa shape index (κ2) is 33.3. The zero-order chi connectivity index (χ0) is 60.8. The van der Waals surface area contributed by atoms with Crippen molar-refractivity contribution >= 4 is 53.0 Å². The summed E-state index contributed by atoms with van der Waals surface area (Å²) >= 11 is 0. The third-order valence-corrected chi connectivity index (χ3v) is 14.7. The van der Waals surface area contributed by atoms with Gasteiger partial charge in [-0.2, -0.15) is 0 Å². The molecular weight excluding hydrogens is 1010 g/mol. The molecule has 0 aromatic heterocycles. The van der Waals surface area contributed by atoms with Crippen molar-refractivity contribution in [1.82, 2.24) is 52.3 Å². The Hall–Kier alpha value is -4.73. The fourth-order valence-corrected chi connectivity index (χ4v) is 9.58. The second-order valence-electron chi connectivity index (χ2n) is 25.5. The van der Waals surface area contributed by atoms with Crippen LogP contribution in [0.25, 0.3) is 0 Å². The number of nitrogens with zero attached hydrogens (tertiary/aromatic N) is 2. The number of likely N-dealkylation sites (N-methyl/N-ethyl adjacent to an activating group) is 1. The molecule has 456 valence electrons. The van der Waals surface area contributed by atoms with Crippen LogP contribution in [0.4, 0.5) is 0 Å². The summed E-state index contributed by atoms with van der Waals surface area (Å²) < 4.78 is 0. The molecule has 1 fully saturated rings. The first-order valence-electron chi connectivity index (χ1n) is 29.2. The van der Waals surface area contributed by atoms with Crippen LogP contribution in [0.3, 0.4) is 0 Å². The number of likely N-dealkylation sites (tertiary alicyclic amines) is 1. The van der Waals surface area contributed by atoms with Gasteiger partial charge < -0.3 is 57.6 Å². The highest BCUT2D eigenvalue weighted by Crippen LogP contribution is 2.24. The number of aliphatic hydroxyl groups is 2. The minimum Gasteiger partial charge on any atom is -0.395 e. The molecule has 0 aliphatic carbocycles. The second-order valence-corrected chi connectivity index (χ2v) is 25.5. The van der Waals surface area contributed by atoms with Crippen LogP contribution in [0.2, 0.25) is 0 Å². The van der Waals surface area contributed by atoms with E-state index in [0.29, 0.717) is 25.4 Å².